The molecule has 1 aliphatic rings. The molecule has 0 bridgehead atoms. The minimum Gasteiger partial charge on any atom is -0.396 e. The molecule has 3 heterocycles. The normalized spacial score (nSPS) is 19.7. The Morgan fingerprint density at radius 2 is 2.50 bits per heavy atom. The van der Waals surface area contributed by atoms with Crippen LogP contribution in [0.2, 0.25) is 0 Å². The summed E-state index contributed by atoms with van der Waals surface area (Å²) >= 11 is 1.72. The van der Waals surface area contributed by atoms with Crippen LogP contribution in [0.15, 0.2) is 23.7 Å². The van der Waals surface area contributed by atoms with Gasteiger partial charge >= 0.3 is 0 Å². The molecule has 0 amide bonds. The number of fused-ring (bicyclic) bond motifs is 1. The summed E-state index contributed by atoms with van der Waals surface area (Å²) in [6, 6.07) is 4.15. The van der Waals surface area contributed by atoms with E-state index in [9.17, 15) is 5.11 Å². The van der Waals surface area contributed by atoms with Gasteiger partial charge in [-0.25, -0.2) is 4.98 Å². The first-order chi connectivity index (χ1) is 7.90. The van der Waals surface area contributed by atoms with E-state index in [0.717, 1.165) is 25.2 Å². The maximum Gasteiger partial charge on any atom is 0.150 e. The highest BCUT2D eigenvalue weighted by molar-refractivity contribution is 7.13. The molecule has 0 saturated heterocycles. The fourth-order valence-electron chi connectivity index (χ4n) is 2.38. The molecule has 3 nitrogen and oxygen atoms in total. The van der Waals surface area contributed by atoms with E-state index in [4.69, 9.17) is 0 Å². The van der Waals surface area contributed by atoms with Gasteiger partial charge in [0.1, 0.15) is 5.82 Å². The largest absolute Gasteiger partial charge is 0.396 e. The lowest BCUT2D eigenvalue weighted by Crippen LogP contribution is -2.18. The van der Waals surface area contributed by atoms with Gasteiger partial charge in [0, 0.05) is 24.4 Å². The van der Waals surface area contributed by atoms with Crippen LogP contribution < -0.4 is 0 Å². The molecule has 1 aliphatic heterocycles. The SMILES string of the molecule is OCC1CCCn2c1cnc2-c1cccs1. The lowest BCUT2D eigenvalue weighted by Gasteiger charge is -2.23. The van der Waals surface area contributed by atoms with E-state index in [1.165, 1.54) is 10.6 Å². The number of rotatable bonds is 2. The van der Waals surface area contributed by atoms with Crippen molar-refractivity contribution in [3.63, 3.8) is 0 Å². The minimum atomic E-state index is 0.232. The van der Waals surface area contributed by atoms with Gasteiger partial charge in [-0.1, -0.05) is 6.07 Å². The molecule has 1 atom stereocenters. The van der Waals surface area contributed by atoms with Crippen molar-refractivity contribution in [2.45, 2.75) is 25.3 Å². The monoisotopic (exact) mass is 234 g/mol. The second-order valence-electron chi connectivity index (χ2n) is 4.16. The maximum atomic E-state index is 9.34. The van der Waals surface area contributed by atoms with Crippen molar-refractivity contribution in [2.75, 3.05) is 6.61 Å². The number of aliphatic hydroxyl groups is 1. The molecule has 0 fully saturated rings. The second-order valence-corrected chi connectivity index (χ2v) is 5.11. The molecule has 0 radical (unpaired) electrons. The highest BCUT2D eigenvalue weighted by Crippen LogP contribution is 2.32. The molecule has 4 heteroatoms. The third-order valence-corrected chi connectivity index (χ3v) is 4.07. The zero-order chi connectivity index (χ0) is 11.0. The standard InChI is InChI=1S/C12H14N2OS/c15-8-9-3-1-5-14-10(9)7-13-12(14)11-4-2-6-16-11/h2,4,6-7,9,15H,1,3,5,8H2. The van der Waals surface area contributed by atoms with Crippen LogP contribution in [0.5, 0.6) is 0 Å². The topological polar surface area (TPSA) is 38.0 Å². The number of aromatic nitrogens is 2. The minimum absolute atomic E-state index is 0.232. The number of aliphatic hydroxyl groups excluding tert-OH is 1. The number of hydrogen-bond acceptors (Lipinski definition) is 3. The average molecular weight is 234 g/mol. The summed E-state index contributed by atoms with van der Waals surface area (Å²) in [5, 5.41) is 11.4. The molecule has 84 valence electrons. The van der Waals surface area contributed by atoms with Crippen LogP contribution in [0, 0.1) is 0 Å². The molecule has 0 aliphatic carbocycles. The third-order valence-electron chi connectivity index (χ3n) is 3.20. The van der Waals surface area contributed by atoms with Crippen molar-refractivity contribution in [3.8, 4) is 10.7 Å². The van der Waals surface area contributed by atoms with Gasteiger partial charge in [0.05, 0.1) is 11.5 Å². The van der Waals surface area contributed by atoms with E-state index in [0.29, 0.717) is 0 Å². The molecule has 0 spiro atoms. The summed E-state index contributed by atoms with van der Waals surface area (Å²) in [4.78, 5) is 5.71. The quantitative estimate of drug-likeness (QED) is 0.867. The van der Waals surface area contributed by atoms with Crippen LogP contribution in [0.3, 0.4) is 0 Å². The van der Waals surface area contributed by atoms with Crippen LogP contribution >= 0.6 is 11.3 Å². The Morgan fingerprint density at radius 3 is 3.25 bits per heavy atom. The Labute approximate surface area is 98.4 Å². The van der Waals surface area contributed by atoms with Crippen molar-refractivity contribution in [2.24, 2.45) is 0 Å². The van der Waals surface area contributed by atoms with E-state index in [2.05, 4.69) is 21.0 Å². The molecular formula is C12H14N2OS. The van der Waals surface area contributed by atoms with E-state index in [1.54, 1.807) is 11.3 Å². The first-order valence-electron chi connectivity index (χ1n) is 5.60. The number of nitrogens with zero attached hydrogens (tertiary/aromatic N) is 2. The van der Waals surface area contributed by atoms with Crippen molar-refractivity contribution in [1.82, 2.24) is 9.55 Å². The summed E-state index contributed by atoms with van der Waals surface area (Å²) < 4.78 is 2.26. The molecule has 0 aromatic carbocycles. The Bertz CT molecular complexity index is 475. The Kier molecular flexibility index (Phi) is 2.53. The average Bonchev–Trinajstić information content (AvgIpc) is 2.96. The first kappa shape index (κ1) is 10.1. The lowest BCUT2D eigenvalue weighted by molar-refractivity contribution is 0.241. The Hall–Kier alpha value is -1.13. The van der Waals surface area contributed by atoms with Gasteiger partial charge in [-0.2, -0.15) is 0 Å². The third kappa shape index (κ3) is 1.49. The van der Waals surface area contributed by atoms with Crippen LogP contribution in [-0.2, 0) is 6.54 Å². The van der Waals surface area contributed by atoms with Crippen molar-refractivity contribution < 1.29 is 5.11 Å². The van der Waals surface area contributed by atoms with Crippen molar-refractivity contribution in [3.05, 3.63) is 29.4 Å². The highest BCUT2D eigenvalue weighted by Gasteiger charge is 2.23. The van der Waals surface area contributed by atoms with E-state index in [-0.39, 0.29) is 12.5 Å². The summed E-state index contributed by atoms with van der Waals surface area (Å²) in [7, 11) is 0. The Morgan fingerprint density at radius 1 is 1.56 bits per heavy atom. The van der Waals surface area contributed by atoms with Gasteiger partial charge in [-0.05, 0) is 24.3 Å². The molecule has 3 rings (SSSR count). The second kappa shape index (κ2) is 4.03. The van der Waals surface area contributed by atoms with Gasteiger partial charge in [-0.3, -0.25) is 0 Å². The zero-order valence-electron chi connectivity index (χ0n) is 8.97. The van der Waals surface area contributed by atoms with Crippen LogP contribution in [0.25, 0.3) is 10.7 Å². The summed E-state index contributed by atoms with van der Waals surface area (Å²) in [5.74, 6) is 1.33. The zero-order valence-corrected chi connectivity index (χ0v) is 9.78. The van der Waals surface area contributed by atoms with Gasteiger partial charge in [0.25, 0.3) is 0 Å². The van der Waals surface area contributed by atoms with Gasteiger partial charge in [0.2, 0.25) is 0 Å². The van der Waals surface area contributed by atoms with Crippen LogP contribution in [0.1, 0.15) is 24.5 Å². The fourth-order valence-corrected chi connectivity index (χ4v) is 3.11. The van der Waals surface area contributed by atoms with Gasteiger partial charge < -0.3 is 9.67 Å². The fraction of sp³-hybridized carbons (Fsp3) is 0.417. The Balaban J connectivity index is 2.06. The van der Waals surface area contributed by atoms with E-state index in [1.807, 2.05) is 12.3 Å². The molecule has 0 saturated carbocycles. The smallest absolute Gasteiger partial charge is 0.150 e. The molecule has 2 aromatic heterocycles. The number of imidazole rings is 1. The summed E-state index contributed by atoms with van der Waals surface area (Å²) in [6.45, 7) is 1.26. The van der Waals surface area contributed by atoms with E-state index < -0.39 is 0 Å². The highest BCUT2D eigenvalue weighted by atomic mass is 32.1. The van der Waals surface area contributed by atoms with Crippen LogP contribution in [-0.4, -0.2) is 21.3 Å². The molecule has 2 aromatic rings. The lowest BCUT2D eigenvalue weighted by atomic mass is 9.97. The molecule has 16 heavy (non-hydrogen) atoms. The molecule has 1 N–H and O–H groups in total. The van der Waals surface area contributed by atoms with Crippen molar-refractivity contribution in [1.29, 1.82) is 0 Å². The molecular weight excluding hydrogens is 220 g/mol. The number of thiophene rings is 1. The van der Waals surface area contributed by atoms with Gasteiger partial charge in [0.15, 0.2) is 0 Å². The number of hydrogen-bond donors (Lipinski definition) is 1. The predicted octanol–water partition coefficient (Wildman–Crippen LogP) is 2.48. The summed E-state index contributed by atoms with van der Waals surface area (Å²) in [6.07, 6.45) is 4.13. The first-order valence-corrected chi connectivity index (χ1v) is 6.48. The van der Waals surface area contributed by atoms with Gasteiger partial charge in [-0.15, -0.1) is 11.3 Å². The maximum absolute atomic E-state index is 9.34. The summed E-state index contributed by atoms with van der Waals surface area (Å²) in [5.41, 5.74) is 1.19. The van der Waals surface area contributed by atoms with Crippen LogP contribution in [0.4, 0.5) is 0 Å². The van der Waals surface area contributed by atoms with E-state index >= 15 is 0 Å². The molecule has 1 unspecified atom stereocenters. The predicted molar refractivity (Wildman–Crippen MR) is 64.6 cm³/mol. The van der Waals surface area contributed by atoms with Crippen molar-refractivity contribution >= 4 is 11.3 Å².